The van der Waals surface area contributed by atoms with Crippen molar-refractivity contribution in [1.82, 2.24) is 0 Å². The van der Waals surface area contributed by atoms with Gasteiger partial charge in [0.1, 0.15) is 0 Å². The lowest BCUT2D eigenvalue weighted by Crippen LogP contribution is -2.14. The lowest BCUT2D eigenvalue weighted by atomic mass is 9.89. The van der Waals surface area contributed by atoms with Crippen molar-refractivity contribution in [3.8, 4) is 0 Å². The highest BCUT2D eigenvalue weighted by molar-refractivity contribution is 6.00. The number of nitrogens with zero attached hydrogens (tertiary/aromatic N) is 1. The van der Waals surface area contributed by atoms with E-state index >= 15 is 0 Å². The van der Waals surface area contributed by atoms with Gasteiger partial charge in [-0.05, 0) is 48.9 Å². The fourth-order valence-electron chi connectivity index (χ4n) is 3.20. The Balaban J connectivity index is 1.56. The summed E-state index contributed by atoms with van der Waals surface area (Å²) in [7, 11) is 0. The fraction of sp³-hybridized carbons (Fsp3) is 0.300. The molecule has 1 aliphatic rings. The number of nitro groups is 1. The Kier molecular flexibility index (Phi) is 5.41. The number of anilines is 1. The van der Waals surface area contributed by atoms with E-state index in [1.165, 1.54) is 35.7 Å². The van der Waals surface area contributed by atoms with Crippen LogP contribution in [-0.4, -0.2) is 16.6 Å². The second-order valence-electron chi connectivity index (χ2n) is 6.47. The van der Waals surface area contributed by atoms with Crippen LogP contribution in [0.25, 0.3) is 0 Å². The van der Waals surface area contributed by atoms with Gasteiger partial charge in [0.2, 0.25) is 5.91 Å². The number of benzene rings is 2. The summed E-state index contributed by atoms with van der Waals surface area (Å²) in [4.78, 5) is 34.6. The number of fused-ring (bicyclic) bond motifs is 1. The quantitative estimate of drug-likeness (QED) is 0.482. The topological polar surface area (TPSA) is 89.3 Å². The van der Waals surface area contributed by atoms with Gasteiger partial charge in [0.05, 0.1) is 4.92 Å². The number of non-ortho nitro benzene ring substituents is 1. The van der Waals surface area contributed by atoms with E-state index in [0.717, 1.165) is 19.3 Å². The monoisotopic (exact) mass is 352 g/mol. The minimum Gasteiger partial charge on any atom is -0.326 e. The van der Waals surface area contributed by atoms with Crippen molar-refractivity contribution in [2.75, 3.05) is 5.32 Å². The Morgan fingerprint density at radius 2 is 1.77 bits per heavy atom. The maximum absolute atomic E-state index is 12.4. The highest BCUT2D eigenvalue weighted by atomic mass is 16.6. The number of carbonyl (C=O) groups is 2. The molecular weight excluding hydrogens is 332 g/mol. The molecular formula is C20H20N2O4. The van der Waals surface area contributed by atoms with Crippen molar-refractivity contribution in [3.63, 3.8) is 0 Å². The van der Waals surface area contributed by atoms with Crippen molar-refractivity contribution < 1.29 is 14.5 Å². The van der Waals surface area contributed by atoms with Gasteiger partial charge in [-0.25, -0.2) is 0 Å². The standard InChI is InChI=1S/C20H20N2O4/c23-19(16-9-8-14-4-1-2-5-15(14)12-16)10-11-20(24)21-17-6-3-7-18(13-17)22(25)26/h3,6-9,12-13H,1-2,4-5,10-11H2,(H,21,24). The molecule has 0 atom stereocenters. The minimum atomic E-state index is -0.519. The predicted molar refractivity (Wildman–Crippen MR) is 98.4 cm³/mol. The third-order valence-electron chi connectivity index (χ3n) is 4.59. The molecule has 0 bridgehead atoms. The molecule has 0 saturated heterocycles. The molecule has 0 fully saturated rings. The fourth-order valence-corrected chi connectivity index (χ4v) is 3.20. The van der Waals surface area contributed by atoms with Gasteiger partial charge >= 0.3 is 0 Å². The Labute approximate surface area is 151 Å². The molecule has 0 heterocycles. The molecule has 0 radical (unpaired) electrons. The second-order valence-corrected chi connectivity index (χ2v) is 6.47. The number of nitro benzene ring substituents is 1. The molecule has 0 unspecified atom stereocenters. The first kappa shape index (κ1) is 17.8. The molecule has 2 aromatic rings. The molecule has 0 aliphatic heterocycles. The molecule has 6 nitrogen and oxygen atoms in total. The van der Waals surface area contributed by atoms with E-state index in [1.54, 1.807) is 6.07 Å². The first-order valence-corrected chi connectivity index (χ1v) is 8.72. The zero-order valence-corrected chi connectivity index (χ0v) is 14.4. The van der Waals surface area contributed by atoms with Crippen LogP contribution in [0.15, 0.2) is 42.5 Å². The number of Topliss-reactive ketones (excluding diaryl/α,β-unsaturated/α-hetero) is 1. The van der Waals surface area contributed by atoms with E-state index in [0.29, 0.717) is 11.3 Å². The van der Waals surface area contributed by atoms with Crippen molar-refractivity contribution in [2.24, 2.45) is 0 Å². The number of nitrogens with one attached hydrogen (secondary N) is 1. The summed E-state index contributed by atoms with van der Waals surface area (Å²) < 4.78 is 0. The number of ketones is 1. The van der Waals surface area contributed by atoms with Crippen LogP contribution in [0, 0.1) is 10.1 Å². The smallest absolute Gasteiger partial charge is 0.271 e. The van der Waals surface area contributed by atoms with Gasteiger partial charge in [-0.15, -0.1) is 0 Å². The van der Waals surface area contributed by atoms with E-state index < -0.39 is 4.92 Å². The van der Waals surface area contributed by atoms with Gasteiger partial charge in [0, 0.05) is 36.2 Å². The van der Waals surface area contributed by atoms with E-state index in [4.69, 9.17) is 0 Å². The molecule has 1 amide bonds. The maximum Gasteiger partial charge on any atom is 0.271 e. The van der Waals surface area contributed by atoms with E-state index in [9.17, 15) is 19.7 Å². The van der Waals surface area contributed by atoms with Gasteiger partial charge in [-0.1, -0.05) is 18.2 Å². The van der Waals surface area contributed by atoms with Gasteiger partial charge in [-0.2, -0.15) is 0 Å². The van der Waals surface area contributed by atoms with Crippen LogP contribution in [0.5, 0.6) is 0 Å². The Morgan fingerprint density at radius 3 is 2.54 bits per heavy atom. The molecule has 0 aromatic heterocycles. The number of hydrogen-bond donors (Lipinski definition) is 1. The molecule has 3 rings (SSSR count). The second kappa shape index (κ2) is 7.91. The Bertz CT molecular complexity index is 861. The molecule has 1 aliphatic carbocycles. The molecule has 6 heteroatoms. The number of carbonyl (C=O) groups excluding carboxylic acids is 2. The molecule has 2 aromatic carbocycles. The zero-order valence-electron chi connectivity index (χ0n) is 14.4. The average molecular weight is 352 g/mol. The summed E-state index contributed by atoms with van der Waals surface area (Å²) in [5.74, 6) is -0.399. The van der Waals surface area contributed by atoms with Crippen LogP contribution in [0.1, 0.15) is 47.2 Å². The van der Waals surface area contributed by atoms with Crippen molar-refractivity contribution >= 4 is 23.1 Å². The Morgan fingerprint density at radius 1 is 1.00 bits per heavy atom. The van der Waals surface area contributed by atoms with Crippen molar-refractivity contribution in [2.45, 2.75) is 38.5 Å². The molecule has 0 saturated carbocycles. The SMILES string of the molecule is O=C(CCC(=O)c1ccc2c(c1)CCCC2)Nc1cccc([N+](=O)[O-])c1. The molecule has 1 N–H and O–H groups in total. The predicted octanol–water partition coefficient (Wildman–Crippen LogP) is 4.08. The maximum atomic E-state index is 12.4. The summed E-state index contributed by atoms with van der Waals surface area (Å²) in [5.41, 5.74) is 3.46. The minimum absolute atomic E-state index is 0.0403. The van der Waals surface area contributed by atoms with Gasteiger partial charge in [0.15, 0.2) is 5.78 Å². The number of hydrogen-bond acceptors (Lipinski definition) is 4. The molecule has 0 spiro atoms. The van der Waals surface area contributed by atoms with E-state index in [1.807, 2.05) is 18.2 Å². The number of rotatable bonds is 6. The van der Waals surface area contributed by atoms with Gasteiger partial charge in [-0.3, -0.25) is 19.7 Å². The lowest BCUT2D eigenvalue weighted by Gasteiger charge is -2.16. The molecule has 26 heavy (non-hydrogen) atoms. The Hall–Kier alpha value is -3.02. The highest BCUT2D eigenvalue weighted by Crippen LogP contribution is 2.23. The largest absolute Gasteiger partial charge is 0.326 e. The van der Waals surface area contributed by atoms with Crippen molar-refractivity contribution in [3.05, 3.63) is 69.3 Å². The normalized spacial score (nSPS) is 12.9. The van der Waals surface area contributed by atoms with Crippen LogP contribution >= 0.6 is 0 Å². The van der Waals surface area contributed by atoms with Crippen molar-refractivity contribution in [1.29, 1.82) is 0 Å². The van der Waals surface area contributed by atoms with Gasteiger partial charge in [0.25, 0.3) is 5.69 Å². The number of amides is 1. The third-order valence-corrected chi connectivity index (χ3v) is 4.59. The van der Waals surface area contributed by atoms with Crippen LogP contribution in [0.4, 0.5) is 11.4 Å². The number of aryl methyl sites for hydroxylation is 2. The summed E-state index contributed by atoms with van der Waals surface area (Å²) in [6, 6.07) is 11.5. The summed E-state index contributed by atoms with van der Waals surface area (Å²) in [6.07, 6.45) is 4.56. The van der Waals surface area contributed by atoms with E-state index in [2.05, 4.69) is 5.32 Å². The van der Waals surface area contributed by atoms with Crippen LogP contribution < -0.4 is 5.32 Å². The molecule has 134 valence electrons. The summed E-state index contributed by atoms with van der Waals surface area (Å²) >= 11 is 0. The van der Waals surface area contributed by atoms with E-state index in [-0.39, 0.29) is 30.2 Å². The summed E-state index contributed by atoms with van der Waals surface area (Å²) in [5, 5.41) is 13.4. The first-order valence-electron chi connectivity index (χ1n) is 8.72. The third kappa shape index (κ3) is 4.33. The van der Waals surface area contributed by atoms with Crippen LogP contribution in [-0.2, 0) is 17.6 Å². The average Bonchev–Trinajstić information content (AvgIpc) is 2.66. The lowest BCUT2D eigenvalue weighted by molar-refractivity contribution is -0.384. The van der Waals surface area contributed by atoms with Gasteiger partial charge < -0.3 is 5.32 Å². The highest BCUT2D eigenvalue weighted by Gasteiger charge is 2.14. The summed E-state index contributed by atoms with van der Waals surface area (Å²) in [6.45, 7) is 0. The van der Waals surface area contributed by atoms with Crippen LogP contribution in [0.2, 0.25) is 0 Å². The first-order chi connectivity index (χ1) is 12.5. The van der Waals surface area contributed by atoms with Crippen LogP contribution in [0.3, 0.4) is 0 Å². The zero-order chi connectivity index (χ0) is 18.5.